The fourth-order valence-electron chi connectivity index (χ4n) is 4.00. The standard InChI is InChI=1S/C16H17N3O7S2.C10H10O4/c1-25-16(18-10(20)5-9-3-2-4-27-9)13(23)19-11(12(21)22)8(6-26-15(17)24)7-28-14(16)19;1-14-9-6-7(2-4-8(9)11)3-5-10(12)13/h2-4,14H,5-7H2,1H3,(H2,17,24)(H,18,20)(H,21,22);2-6,11H,1H3,(H,12,13)/b;5-3+/t14-,16+;/m1./s1. The maximum atomic E-state index is 12.8. The number of aliphatic carboxylic acids is 2. The molecule has 0 spiro atoms. The number of hydrogen-bond donors (Lipinski definition) is 5. The first-order chi connectivity index (χ1) is 19.9. The van der Waals surface area contributed by atoms with E-state index in [1.807, 2.05) is 11.4 Å². The highest BCUT2D eigenvalue weighted by atomic mass is 32.2. The SMILES string of the molecule is CO[C@@]1(NC(=O)Cc2cccs2)C(=O)N2C(C(=O)O)=C(COC(N)=O)CS[C@@H]21.COc1cc(/C=C/C(=O)O)ccc1O. The van der Waals surface area contributed by atoms with Crippen molar-refractivity contribution in [1.82, 2.24) is 10.2 Å². The van der Waals surface area contributed by atoms with E-state index in [0.29, 0.717) is 11.3 Å². The zero-order valence-electron chi connectivity index (χ0n) is 22.3. The lowest BCUT2D eigenvalue weighted by Gasteiger charge is -2.55. The Labute approximate surface area is 247 Å². The number of phenolic OH excluding ortho intramolecular Hbond substituents is 1. The number of carboxylic acids is 2. The molecule has 0 saturated carbocycles. The molecule has 2 aliphatic heterocycles. The molecule has 4 rings (SSSR count). The minimum Gasteiger partial charge on any atom is -0.504 e. The van der Waals surface area contributed by atoms with Crippen molar-refractivity contribution in [3.8, 4) is 11.5 Å². The minimum absolute atomic E-state index is 0.0278. The molecule has 2 aromatic rings. The van der Waals surface area contributed by atoms with E-state index in [1.54, 1.807) is 18.2 Å². The second-order valence-corrected chi connectivity index (χ2v) is 10.7. The molecule has 224 valence electrons. The van der Waals surface area contributed by atoms with E-state index in [4.69, 9.17) is 20.3 Å². The Hall–Kier alpha value is -4.54. The molecule has 14 nitrogen and oxygen atoms in total. The van der Waals surface area contributed by atoms with Gasteiger partial charge in [-0.2, -0.15) is 0 Å². The first-order valence-corrected chi connectivity index (χ1v) is 13.9. The van der Waals surface area contributed by atoms with E-state index in [9.17, 15) is 34.2 Å². The van der Waals surface area contributed by atoms with Gasteiger partial charge in [-0.05, 0) is 35.2 Å². The summed E-state index contributed by atoms with van der Waals surface area (Å²) in [4.78, 5) is 59.8. The van der Waals surface area contributed by atoms with Crippen LogP contribution in [0.4, 0.5) is 4.79 Å². The number of nitrogens with two attached hydrogens (primary N) is 1. The predicted molar refractivity (Wildman–Crippen MR) is 151 cm³/mol. The number of primary amides is 1. The van der Waals surface area contributed by atoms with Gasteiger partial charge in [-0.25, -0.2) is 14.4 Å². The van der Waals surface area contributed by atoms with Crippen molar-refractivity contribution in [3.63, 3.8) is 0 Å². The lowest BCUT2D eigenvalue weighted by Crippen LogP contribution is -2.80. The number of hydrogen-bond acceptors (Lipinski definition) is 11. The topological polar surface area (TPSA) is 215 Å². The Bertz CT molecular complexity index is 1420. The number of aromatic hydroxyl groups is 1. The highest BCUT2D eigenvalue weighted by molar-refractivity contribution is 8.00. The van der Waals surface area contributed by atoms with E-state index < -0.39 is 40.9 Å². The number of rotatable bonds is 10. The summed E-state index contributed by atoms with van der Waals surface area (Å²) in [5.41, 5.74) is 3.86. The Kier molecular flexibility index (Phi) is 10.6. The van der Waals surface area contributed by atoms with Crippen LogP contribution in [0.25, 0.3) is 6.08 Å². The maximum Gasteiger partial charge on any atom is 0.404 e. The summed E-state index contributed by atoms with van der Waals surface area (Å²) in [7, 11) is 2.71. The number of carbonyl (C=O) groups is 5. The van der Waals surface area contributed by atoms with Crippen LogP contribution in [0.3, 0.4) is 0 Å². The van der Waals surface area contributed by atoms with Crippen LogP contribution in [0.1, 0.15) is 10.4 Å². The number of phenols is 1. The number of nitrogens with zero attached hydrogens (tertiary/aromatic N) is 1. The van der Waals surface area contributed by atoms with Crippen molar-refractivity contribution in [1.29, 1.82) is 0 Å². The number of nitrogens with one attached hydrogen (secondary N) is 1. The van der Waals surface area contributed by atoms with E-state index >= 15 is 0 Å². The molecule has 2 aliphatic rings. The highest BCUT2D eigenvalue weighted by Crippen LogP contribution is 2.46. The summed E-state index contributed by atoms with van der Waals surface area (Å²) in [6, 6.07) is 8.20. The van der Waals surface area contributed by atoms with Crippen LogP contribution in [0, 0.1) is 0 Å². The van der Waals surface area contributed by atoms with Gasteiger partial charge >= 0.3 is 18.0 Å². The van der Waals surface area contributed by atoms with E-state index in [1.165, 1.54) is 49.5 Å². The van der Waals surface area contributed by atoms with E-state index in [0.717, 1.165) is 15.9 Å². The minimum atomic E-state index is -1.66. The Morgan fingerprint density at radius 1 is 1.21 bits per heavy atom. The van der Waals surface area contributed by atoms with Crippen LogP contribution in [0.2, 0.25) is 0 Å². The molecule has 1 fully saturated rings. The molecular weight excluding hydrogens is 594 g/mol. The monoisotopic (exact) mass is 621 g/mol. The predicted octanol–water partition coefficient (Wildman–Crippen LogP) is 1.60. The average molecular weight is 622 g/mol. The van der Waals surface area contributed by atoms with Crippen LogP contribution in [0.15, 0.2) is 53.1 Å². The number of carbonyl (C=O) groups excluding carboxylic acids is 3. The van der Waals surface area contributed by atoms with Gasteiger partial charge in [-0.1, -0.05) is 12.1 Å². The Balaban J connectivity index is 0.000000291. The van der Waals surface area contributed by atoms with Gasteiger partial charge in [-0.3, -0.25) is 14.5 Å². The summed E-state index contributed by atoms with van der Waals surface area (Å²) in [6.45, 7) is -0.342. The molecule has 0 bridgehead atoms. The number of carboxylic acid groups (broad SMARTS) is 2. The molecule has 42 heavy (non-hydrogen) atoms. The van der Waals surface area contributed by atoms with Crippen LogP contribution in [-0.2, 0) is 35.1 Å². The number of ether oxygens (including phenoxy) is 3. The van der Waals surface area contributed by atoms with Crippen molar-refractivity contribution in [2.75, 3.05) is 26.6 Å². The number of methoxy groups -OCH3 is 2. The van der Waals surface area contributed by atoms with E-state index in [2.05, 4.69) is 10.1 Å². The number of benzene rings is 1. The van der Waals surface area contributed by atoms with Gasteiger partial charge in [0.15, 0.2) is 11.5 Å². The van der Waals surface area contributed by atoms with Crippen LogP contribution in [0.5, 0.6) is 11.5 Å². The van der Waals surface area contributed by atoms with Crippen LogP contribution >= 0.6 is 23.1 Å². The second-order valence-electron chi connectivity index (χ2n) is 8.55. The highest BCUT2D eigenvalue weighted by Gasteiger charge is 2.66. The summed E-state index contributed by atoms with van der Waals surface area (Å²) < 4.78 is 14.9. The molecule has 3 heterocycles. The fraction of sp³-hybridized carbons (Fsp3) is 0.269. The number of fused-ring (bicyclic) bond motifs is 1. The molecule has 1 aromatic heterocycles. The molecule has 1 aromatic carbocycles. The zero-order valence-corrected chi connectivity index (χ0v) is 23.9. The number of amides is 3. The number of thiophene rings is 1. The van der Waals surface area contributed by atoms with Crippen molar-refractivity contribution in [2.24, 2.45) is 5.73 Å². The van der Waals surface area contributed by atoms with Gasteiger partial charge in [0.1, 0.15) is 17.7 Å². The Morgan fingerprint density at radius 2 is 1.95 bits per heavy atom. The summed E-state index contributed by atoms with van der Waals surface area (Å²) in [5.74, 6) is -2.98. The first kappa shape index (κ1) is 32.0. The van der Waals surface area contributed by atoms with E-state index in [-0.39, 0.29) is 35.8 Å². The van der Waals surface area contributed by atoms with Gasteiger partial charge in [-0.15, -0.1) is 23.1 Å². The normalized spacial score (nSPS) is 19.2. The van der Waals surface area contributed by atoms with Gasteiger partial charge < -0.3 is 40.6 Å². The van der Waals surface area contributed by atoms with Gasteiger partial charge in [0.25, 0.3) is 11.6 Å². The lowest BCUT2D eigenvalue weighted by molar-refractivity contribution is -0.192. The van der Waals surface area contributed by atoms with Crippen molar-refractivity contribution in [2.45, 2.75) is 17.5 Å². The molecule has 1 saturated heterocycles. The third-order valence-electron chi connectivity index (χ3n) is 5.89. The van der Waals surface area contributed by atoms with Crippen LogP contribution in [-0.4, -0.2) is 87.7 Å². The van der Waals surface area contributed by atoms with Crippen LogP contribution < -0.4 is 15.8 Å². The molecule has 3 amide bonds. The average Bonchev–Trinajstić information content (AvgIpc) is 3.46. The smallest absolute Gasteiger partial charge is 0.404 e. The maximum absolute atomic E-state index is 12.8. The molecule has 0 unspecified atom stereocenters. The summed E-state index contributed by atoms with van der Waals surface area (Å²) >= 11 is 2.60. The summed E-state index contributed by atoms with van der Waals surface area (Å²) in [6.07, 6.45) is 1.47. The molecule has 6 N–H and O–H groups in total. The molecule has 2 atom stereocenters. The third-order valence-corrected chi connectivity index (χ3v) is 8.14. The van der Waals surface area contributed by atoms with Crippen molar-refractivity contribution < 1.29 is 53.5 Å². The van der Waals surface area contributed by atoms with Crippen molar-refractivity contribution >= 4 is 59.0 Å². The molecule has 16 heteroatoms. The largest absolute Gasteiger partial charge is 0.504 e. The van der Waals surface area contributed by atoms with Gasteiger partial charge in [0.05, 0.1) is 13.5 Å². The quantitative estimate of drug-likeness (QED) is 0.145. The Morgan fingerprint density at radius 3 is 2.52 bits per heavy atom. The molecular formula is C26H27N3O11S2. The van der Waals surface area contributed by atoms with Crippen molar-refractivity contribution in [3.05, 3.63) is 63.5 Å². The third kappa shape index (κ3) is 7.20. The number of thioether (sulfide) groups is 1. The first-order valence-electron chi connectivity index (χ1n) is 11.9. The van der Waals surface area contributed by atoms with Gasteiger partial charge in [0.2, 0.25) is 5.91 Å². The lowest BCUT2D eigenvalue weighted by atomic mass is 9.98. The summed E-state index contributed by atoms with van der Waals surface area (Å²) in [5, 5.41) is 30.9. The van der Waals surface area contributed by atoms with Gasteiger partial charge in [0, 0.05) is 29.4 Å². The molecule has 0 radical (unpaired) electrons. The second kappa shape index (κ2) is 13.9. The fourth-order valence-corrected chi connectivity index (χ4v) is 6.12. The molecule has 0 aliphatic carbocycles. The number of β-lactam (4-membered cyclic amide) rings is 1. The zero-order chi connectivity index (χ0) is 31.0.